The first-order valence-electron chi connectivity index (χ1n) is 12.6. The Morgan fingerprint density at radius 1 is 1.10 bits per heavy atom. The minimum Gasteiger partial charge on any atom is -0.463 e. The molecule has 0 atom stereocenters. The molecule has 0 aliphatic carbocycles. The number of oxazole rings is 1. The number of rotatable bonds is 10. The standard InChI is InChI=1S/C27H28Cl2N4O7/c1-27(2,26(35)38-14-15-39-33(36)37)18-8-6-17(7-9-18)22-23(20-11-10-19(28)16-21(20)29)40-25(30-22)24(34)31-32-12-4-3-5-13-32/h6-11,16H,3-5,12-15H2,1-2H3,(H,31,34). The van der Waals surface area contributed by atoms with E-state index in [0.717, 1.165) is 32.4 Å². The van der Waals surface area contributed by atoms with Gasteiger partial charge in [-0.15, -0.1) is 10.1 Å². The number of amides is 1. The predicted molar refractivity (Wildman–Crippen MR) is 147 cm³/mol. The molecule has 2 heterocycles. The Labute approximate surface area is 240 Å². The minimum absolute atomic E-state index is 0.119. The second-order valence-corrected chi connectivity index (χ2v) is 10.5. The molecular weight excluding hydrogens is 563 g/mol. The molecule has 40 heavy (non-hydrogen) atoms. The molecule has 2 aromatic carbocycles. The Balaban J connectivity index is 1.61. The first kappa shape index (κ1) is 29.3. The normalized spacial score (nSPS) is 14.0. The lowest BCUT2D eigenvalue weighted by Gasteiger charge is -2.26. The molecule has 4 rings (SSSR count). The van der Waals surface area contributed by atoms with Crippen molar-refractivity contribution in [2.24, 2.45) is 0 Å². The van der Waals surface area contributed by atoms with Crippen LogP contribution in [-0.4, -0.2) is 53.3 Å². The Bertz CT molecular complexity index is 1390. The summed E-state index contributed by atoms with van der Waals surface area (Å²) in [4.78, 5) is 44.7. The molecule has 212 valence electrons. The van der Waals surface area contributed by atoms with Crippen molar-refractivity contribution in [1.82, 2.24) is 15.4 Å². The van der Waals surface area contributed by atoms with Crippen LogP contribution in [0.15, 0.2) is 46.9 Å². The Morgan fingerprint density at radius 2 is 1.80 bits per heavy atom. The van der Waals surface area contributed by atoms with Crippen molar-refractivity contribution in [1.29, 1.82) is 0 Å². The van der Waals surface area contributed by atoms with Crippen molar-refractivity contribution in [2.45, 2.75) is 38.5 Å². The van der Waals surface area contributed by atoms with Crippen molar-refractivity contribution >= 4 is 35.1 Å². The van der Waals surface area contributed by atoms with E-state index in [1.807, 2.05) is 5.01 Å². The molecular formula is C27H28Cl2N4O7. The predicted octanol–water partition coefficient (Wildman–Crippen LogP) is 5.48. The third-order valence-corrected chi connectivity index (χ3v) is 7.06. The fourth-order valence-electron chi connectivity index (χ4n) is 4.26. The number of hydrazine groups is 1. The topological polar surface area (TPSA) is 137 Å². The quantitative estimate of drug-likeness (QED) is 0.141. The zero-order chi connectivity index (χ0) is 28.9. The molecule has 1 N–H and O–H groups in total. The molecule has 0 bridgehead atoms. The second-order valence-electron chi connectivity index (χ2n) is 9.70. The van der Waals surface area contributed by atoms with E-state index in [4.69, 9.17) is 32.4 Å². The summed E-state index contributed by atoms with van der Waals surface area (Å²) in [6.45, 7) is 4.24. The van der Waals surface area contributed by atoms with Crippen LogP contribution >= 0.6 is 23.2 Å². The number of nitrogens with one attached hydrogen (secondary N) is 1. The molecule has 1 aliphatic rings. The number of benzene rings is 2. The number of aromatic nitrogens is 1. The van der Waals surface area contributed by atoms with Gasteiger partial charge in [0.05, 0.1) is 10.4 Å². The number of nitrogens with zero attached hydrogens (tertiary/aromatic N) is 3. The summed E-state index contributed by atoms with van der Waals surface area (Å²) in [6.07, 6.45) is 3.10. The number of carbonyl (C=O) groups excluding carboxylic acids is 2. The van der Waals surface area contributed by atoms with Crippen LogP contribution in [0, 0.1) is 10.1 Å². The molecule has 1 amide bonds. The molecule has 1 aliphatic heterocycles. The average Bonchev–Trinajstić information content (AvgIpc) is 3.37. The minimum atomic E-state index is -1.06. The van der Waals surface area contributed by atoms with E-state index in [1.165, 1.54) is 0 Å². The number of carbonyl (C=O) groups is 2. The van der Waals surface area contributed by atoms with E-state index in [-0.39, 0.29) is 19.1 Å². The Kier molecular flexibility index (Phi) is 9.28. The summed E-state index contributed by atoms with van der Waals surface area (Å²) in [5.74, 6) is -0.867. The van der Waals surface area contributed by atoms with E-state index in [2.05, 4.69) is 15.2 Å². The highest BCUT2D eigenvalue weighted by molar-refractivity contribution is 6.36. The number of halogens is 2. The summed E-state index contributed by atoms with van der Waals surface area (Å²) in [5, 5.41) is 12.0. The average molecular weight is 591 g/mol. The number of hydrogen-bond donors (Lipinski definition) is 1. The van der Waals surface area contributed by atoms with Crippen molar-refractivity contribution in [3.05, 3.63) is 74.1 Å². The summed E-state index contributed by atoms with van der Waals surface area (Å²) in [6, 6.07) is 11.9. The largest absolute Gasteiger partial charge is 0.463 e. The van der Waals surface area contributed by atoms with Crippen molar-refractivity contribution < 1.29 is 28.7 Å². The molecule has 0 saturated carbocycles. The molecule has 3 aromatic rings. The SMILES string of the molecule is CC(C)(C(=O)OCCO[N+](=O)[O-])c1ccc(-c2nc(C(=O)NN3CCCCC3)oc2-c2ccc(Cl)cc2Cl)cc1. The van der Waals surface area contributed by atoms with Crippen LogP contribution in [0.2, 0.25) is 10.0 Å². The third kappa shape index (κ3) is 6.90. The highest BCUT2D eigenvalue weighted by Gasteiger charge is 2.32. The van der Waals surface area contributed by atoms with Crippen LogP contribution in [0.25, 0.3) is 22.6 Å². The lowest BCUT2D eigenvalue weighted by molar-refractivity contribution is -0.757. The van der Waals surface area contributed by atoms with Gasteiger partial charge in [0.25, 0.3) is 11.0 Å². The van der Waals surface area contributed by atoms with Crippen molar-refractivity contribution in [2.75, 3.05) is 26.3 Å². The van der Waals surface area contributed by atoms with Gasteiger partial charge in [-0.1, -0.05) is 53.9 Å². The fourth-order valence-corrected chi connectivity index (χ4v) is 4.75. The van der Waals surface area contributed by atoms with Crippen LogP contribution in [0.5, 0.6) is 0 Å². The van der Waals surface area contributed by atoms with E-state index in [9.17, 15) is 19.7 Å². The van der Waals surface area contributed by atoms with E-state index in [0.29, 0.717) is 38.2 Å². The molecule has 13 heteroatoms. The number of hydrogen-bond acceptors (Lipinski definition) is 9. The highest BCUT2D eigenvalue weighted by Crippen LogP contribution is 2.38. The lowest BCUT2D eigenvalue weighted by atomic mass is 9.84. The smallest absolute Gasteiger partial charge is 0.321 e. The van der Waals surface area contributed by atoms with Crippen LogP contribution in [-0.2, 0) is 19.8 Å². The number of ether oxygens (including phenoxy) is 1. The Hall–Kier alpha value is -3.67. The van der Waals surface area contributed by atoms with Crippen LogP contribution in [0.3, 0.4) is 0 Å². The lowest BCUT2D eigenvalue weighted by Crippen LogP contribution is -2.45. The van der Waals surface area contributed by atoms with Gasteiger partial charge in [-0.25, -0.2) is 9.99 Å². The highest BCUT2D eigenvalue weighted by atomic mass is 35.5. The van der Waals surface area contributed by atoms with E-state index in [1.54, 1.807) is 56.3 Å². The second kappa shape index (κ2) is 12.7. The Morgan fingerprint density at radius 3 is 2.45 bits per heavy atom. The maximum absolute atomic E-state index is 13.0. The van der Waals surface area contributed by atoms with Gasteiger partial charge in [-0.3, -0.25) is 15.0 Å². The first-order chi connectivity index (χ1) is 19.1. The van der Waals surface area contributed by atoms with Crippen LogP contribution < -0.4 is 5.43 Å². The zero-order valence-electron chi connectivity index (χ0n) is 21.9. The maximum atomic E-state index is 13.0. The summed E-state index contributed by atoms with van der Waals surface area (Å²) in [7, 11) is 0. The van der Waals surface area contributed by atoms with Crippen molar-refractivity contribution in [3.63, 3.8) is 0 Å². The van der Waals surface area contributed by atoms with Crippen molar-refractivity contribution in [3.8, 4) is 22.6 Å². The van der Waals surface area contributed by atoms with Gasteiger partial charge in [0, 0.05) is 29.2 Å². The molecule has 1 fully saturated rings. The first-order valence-corrected chi connectivity index (χ1v) is 13.4. The van der Waals surface area contributed by atoms with Gasteiger partial charge in [0.2, 0.25) is 0 Å². The number of piperidine rings is 1. The maximum Gasteiger partial charge on any atom is 0.321 e. The molecule has 0 spiro atoms. The van der Waals surface area contributed by atoms with E-state index < -0.39 is 22.4 Å². The van der Waals surface area contributed by atoms with Gasteiger partial charge < -0.3 is 14.0 Å². The molecule has 0 unspecified atom stereocenters. The van der Waals surface area contributed by atoms with Gasteiger partial charge >= 0.3 is 11.9 Å². The van der Waals surface area contributed by atoms with Crippen LogP contribution in [0.1, 0.15) is 49.4 Å². The van der Waals surface area contributed by atoms with Gasteiger partial charge in [-0.05, 0) is 50.5 Å². The fraction of sp³-hybridized carbons (Fsp3) is 0.370. The monoisotopic (exact) mass is 590 g/mol. The molecule has 11 nitrogen and oxygen atoms in total. The van der Waals surface area contributed by atoms with Gasteiger partial charge in [-0.2, -0.15) is 0 Å². The summed E-state index contributed by atoms with van der Waals surface area (Å²) < 4.78 is 11.1. The number of esters is 1. The van der Waals surface area contributed by atoms with Crippen LogP contribution in [0.4, 0.5) is 0 Å². The summed E-state index contributed by atoms with van der Waals surface area (Å²) in [5.41, 5.74) is 3.95. The molecule has 1 aromatic heterocycles. The van der Waals surface area contributed by atoms with E-state index >= 15 is 0 Å². The molecule has 0 radical (unpaired) electrons. The van der Waals surface area contributed by atoms with Gasteiger partial charge in [0.15, 0.2) is 5.76 Å². The zero-order valence-corrected chi connectivity index (χ0v) is 23.5. The third-order valence-electron chi connectivity index (χ3n) is 6.52. The summed E-state index contributed by atoms with van der Waals surface area (Å²) >= 11 is 12.6. The van der Waals surface area contributed by atoms with Gasteiger partial charge in [0.1, 0.15) is 18.9 Å². The molecule has 1 saturated heterocycles.